The minimum atomic E-state index is 0.0363. The number of carbonyl (C=O) groups excluding carboxylic acids is 1. The molecule has 0 bridgehead atoms. The van der Waals surface area contributed by atoms with Crippen LogP contribution in [0.3, 0.4) is 0 Å². The van der Waals surface area contributed by atoms with Crippen molar-refractivity contribution >= 4 is 5.91 Å². The fraction of sp³-hybridized carbons (Fsp3) is 0.917. The molecule has 0 spiro atoms. The Morgan fingerprint density at radius 1 is 1.31 bits per heavy atom. The van der Waals surface area contributed by atoms with E-state index >= 15 is 0 Å². The molecule has 0 heterocycles. The quantitative estimate of drug-likeness (QED) is 0.551. The zero-order chi connectivity index (χ0) is 12.4. The Balaban J connectivity index is 3.63. The van der Waals surface area contributed by atoms with Crippen LogP contribution in [0.1, 0.15) is 40.0 Å². The highest BCUT2D eigenvalue weighted by Crippen LogP contribution is 2.08. The van der Waals surface area contributed by atoms with E-state index in [-0.39, 0.29) is 18.6 Å². The molecule has 3 N–H and O–H groups in total. The molecular formula is C12H26N2O2. The average molecular weight is 230 g/mol. The summed E-state index contributed by atoms with van der Waals surface area (Å²) in [5.41, 5.74) is 0. The first-order chi connectivity index (χ1) is 7.60. The molecule has 0 aliphatic rings. The molecule has 1 atom stereocenters. The zero-order valence-corrected chi connectivity index (χ0v) is 10.8. The predicted molar refractivity (Wildman–Crippen MR) is 66.2 cm³/mol. The lowest BCUT2D eigenvalue weighted by atomic mass is 10.0. The molecule has 4 nitrogen and oxygen atoms in total. The van der Waals surface area contributed by atoms with Gasteiger partial charge in [-0.1, -0.05) is 13.3 Å². The molecule has 0 aliphatic heterocycles. The Labute approximate surface area is 98.8 Å². The van der Waals surface area contributed by atoms with Crippen LogP contribution in [-0.4, -0.2) is 36.8 Å². The molecule has 96 valence electrons. The van der Waals surface area contributed by atoms with Crippen LogP contribution < -0.4 is 10.6 Å². The van der Waals surface area contributed by atoms with Crippen LogP contribution in [0.5, 0.6) is 0 Å². The molecule has 0 radical (unpaired) electrons. The van der Waals surface area contributed by atoms with E-state index in [1.54, 1.807) is 0 Å². The fourth-order valence-corrected chi connectivity index (χ4v) is 1.70. The third-order valence-corrected chi connectivity index (χ3v) is 2.40. The second-order valence-electron chi connectivity index (χ2n) is 4.52. The summed E-state index contributed by atoms with van der Waals surface area (Å²) in [6, 6.07) is 0.193. The van der Waals surface area contributed by atoms with Gasteiger partial charge in [-0.2, -0.15) is 0 Å². The Morgan fingerprint density at radius 2 is 2.00 bits per heavy atom. The van der Waals surface area contributed by atoms with Crippen LogP contribution in [0.15, 0.2) is 0 Å². The lowest BCUT2D eigenvalue weighted by molar-refractivity contribution is -0.120. The van der Waals surface area contributed by atoms with Crippen molar-refractivity contribution < 1.29 is 9.90 Å². The summed E-state index contributed by atoms with van der Waals surface area (Å²) in [5.74, 6) is 0.510. The molecule has 0 aliphatic carbocycles. The van der Waals surface area contributed by atoms with Gasteiger partial charge in [-0.05, 0) is 39.2 Å². The lowest BCUT2D eigenvalue weighted by Gasteiger charge is -2.16. The molecule has 0 aromatic heterocycles. The molecule has 0 aromatic rings. The van der Waals surface area contributed by atoms with Gasteiger partial charge in [0.15, 0.2) is 0 Å². The first-order valence-corrected chi connectivity index (χ1v) is 6.21. The van der Waals surface area contributed by atoms with E-state index in [0.29, 0.717) is 12.5 Å². The summed E-state index contributed by atoms with van der Waals surface area (Å²) < 4.78 is 0. The third-order valence-electron chi connectivity index (χ3n) is 2.40. The monoisotopic (exact) mass is 230 g/mol. The minimum Gasteiger partial charge on any atom is -0.396 e. The molecule has 0 saturated heterocycles. The largest absolute Gasteiger partial charge is 0.396 e. The van der Waals surface area contributed by atoms with Crippen LogP contribution in [0, 0.1) is 5.92 Å². The SMILES string of the molecule is CCCC(CCO)CNCC(=O)NC(C)C. The first kappa shape index (κ1) is 15.4. The Morgan fingerprint density at radius 3 is 2.50 bits per heavy atom. The van der Waals surface area contributed by atoms with Crippen LogP contribution in [0.4, 0.5) is 0 Å². The smallest absolute Gasteiger partial charge is 0.234 e. The van der Waals surface area contributed by atoms with Crippen molar-refractivity contribution in [3.63, 3.8) is 0 Å². The summed E-state index contributed by atoms with van der Waals surface area (Å²) in [6.45, 7) is 7.43. The molecule has 1 amide bonds. The van der Waals surface area contributed by atoms with E-state index in [4.69, 9.17) is 5.11 Å². The predicted octanol–water partition coefficient (Wildman–Crippen LogP) is 0.899. The molecular weight excluding hydrogens is 204 g/mol. The van der Waals surface area contributed by atoms with E-state index in [9.17, 15) is 4.79 Å². The van der Waals surface area contributed by atoms with Gasteiger partial charge in [-0.3, -0.25) is 4.79 Å². The standard InChI is InChI=1S/C12H26N2O2/c1-4-5-11(6-7-15)8-13-9-12(16)14-10(2)3/h10-11,13,15H,4-9H2,1-3H3,(H,14,16). The molecule has 0 rings (SSSR count). The van der Waals surface area contributed by atoms with Gasteiger partial charge >= 0.3 is 0 Å². The van der Waals surface area contributed by atoms with Crippen molar-refractivity contribution in [2.24, 2.45) is 5.92 Å². The van der Waals surface area contributed by atoms with Gasteiger partial charge in [-0.25, -0.2) is 0 Å². The molecule has 0 fully saturated rings. The van der Waals surface area contributed by atoms with E-state index < -0.39 is 0 Å². The van der Waals surface area contributed by atoms with E-state index in [1.807, 2.05) is 13.8 Å². The molecule has 4 heteroatoms. The van der Waals surface area contributed by atoms with Crippen molar-refractivity contribution in [3.05, 3.63) is 0 Å². The Kier molecular flexibility index (Phi) is 9.24. The average Bonchev–Trinajstić information content (AvgIpc) is 2.17. The van der Waals surface area contributed by atoms with Crippen molar-refractivity contribution in [3.8, 4) is 0 Å². The van der Waals surface area contributed by atoms with Crippen molar-refractivity contribution in [1.29, 1.82) is 0 Å². The summed E-state index contributed by atoms with van der Waals surface area (Å²) >= 11 is 0. The maximum Gasteiger partial charge on any atom is 0.234 e. The van der Waals surface area contributed by atoms with Crippen molar-refractivity contribution in [1.82, 2.24) is 10.6 Å². The molecule has 0 aromatic carbocycles. The van der Waals surface area contributed by atoms with Crippen molar-refractivity contribution in [2.45, 2.75) is 46.1 Å². The van der Waals surface area contributed by atoms with Crippen LogP contribution in [-0.2, 0) is 4.79 Å². The number of rotatable bonds is 9. The Hall–Kier alpha value is -0.610. The molecule has 0 saturated carbocycles. The van der Waals surface area contributed by atoms with Crippen LogP contribution in [0.25, 0.3) is 0 Å². The first-order valence-electron chi connectivity index (χ1n) is 6.21. The summed E-state index contributed by atoms with van der Waals surface area (Å²) in [5, 5.41) is 14.9. The topological polar surface area (TPSA) is 61.4 Å². The fourth-order valence-electron chi connectivity index (χ4n) is 1.70. The number of hydrogen-bond acceptors (Lipinski definition) is 3. The number of carbonyl (C=O) groups is 1. The second-order valence-corrected chi connectivity index (χ2v) is 4.52. The number of aliphatic hydroxyl groups is 1. The highest BCUT2D eigenvalue weighted by molar-refractivity contribution is 5.78. The maximum absolute atomic E-state index is 11.3. The van der Waals surface area contributed by atoms with Gasteiger partial charge in [0.05, 0.1) is 6.54 Å². The van der Waals surface area contributed by atoms with Gasteiger partial charge in [-0.15, -0.1) is 0 Å². The number of amides is 1. The lowest BCUT2D eigenvalue weighted by Crippen LogP contribution is -2.39. The van der Waals surface area contributed by atoms with Crippen LogP contribution >= 0.6 is 0 Å². The highest BCUT2D eigenvalue weighted by atomic mass is 16.3. The zero-order valence-electron chi connectivity index (χ0n) is 10.8. The highest BCUT2D eigenvalue weighted by Gasteiger charge is 2.08. The normalized spacial score (nSPS) is 12.8. The summed E-state index contributed by atoms with van der Waals surface area (Å²) in [6.07, 6.45) is 3.02. The number of nitrogens with one attached hydrogen (secondary N) is 2. The Bertz CT molecular complexity index is 178. The third kappa shape index (κ3) is 8.68. The number of hydrogen-bond donors (Lipinski definition) is 3. The van der Waals surface area contributed by atoms with Gasteiger partial charge in [0.1, 0.15) is 0 Å². The maximum atomic E-state index is 11.3. The molecule has 16 heavy (non-hydrogen) atoms. The van der Waals surface area contributed by atoms with Gasteiger partial charge in [0, 0.05) is 12.6 Å². The second kappa shape index (κ2) is 9.60. The van der Waals surface area contributed by atoms with Crippen LogP contribution in [0.2, 0.25) is 0 Å². The number of aliphatic hydroxyl groups excluding tert-OH is 1. The molecule has 1 unspecified atom stereocenters. The van der Waals surface area contributed by atoms with Crippen molar-refractivity contribution in [2.75, 3.05) is 19.7 Å². The van der Waals surface area contributed by atoms with E-state index in [1.165, 1.54) is 0 Å². The van der Waals surface area contributed by atoms with Gasteiger partial charge in [0.25, 0.3) is 0 Å². The summed E-state index contributed by atoms with van der Waals surface area (Å²) in [4.78, 5) is 11.3. The van der Waals surface area contributed by atoms with Gasteiger partial charge in [0.2, 0.25) is 5.91 Å². The van der Waals surface area contributed by atoms with E-state index in [2.05, 4.69) is 17.6 Å². The van der Waals surface area contributed by atoms with E-state index in [0.717, 1.165) is 25.8 Å². The summed E-state index contributed by atoms with van der Waals surface area (Å²) in [7, 11) is 0. The minimum absolute atomic E-state index is 0.0363. The van der Waals surface area contributed by atoms with Gasteiger partial charge < -0.3 is 15.7 Å².